The molecule has 2 rings (SSSR count). The Morgan fingerprint density at radius 3 is 2.82 bits per heavy atom. The van der Waals surface area contributed by atoms with Gasteiger partial charge in [-0.2, -0.15) is 0 Å². The lowest BCUT2D eigenvalue weighted by atomic mass is 10.1. The summed E-state index contributed by atoms with van der Waals surface area (Å²) in [6.07, 6.45) is 1.70. The molecule has 0 aliphatic rings. The van der Waals surface area contributed by atoms with Gasteiger partial charge < -0.3 is 15.8 Å². The van der Waals surface area contributed by atoms with Gasteiger partial charge in [0.15, 0.2) is 5.96 Å². The molecule has 2 aromatic rings. The summed E-state index contributed by atoms with van der Waals surface area (Å²) in [4.78, 5) is 8.55. The highest BCUT2D eigenvalue weighted by molar-refractivity contribution is 5.92. The average molecular weight is 298 g/mol. The van der Waals surface area contributed by atoms with Crippen molar-refractivity contribution in [2.75, 3.05) is 11.9 Å². The van der Waals surface area contributed by atoms with E-state index in [0.717, 1.165) is 11.3 Å². The molecule has 0 aliphatic heterocycles. The first-order valence-electron chi connectivity index (χ1n) is 7.31. The van der Waals surface area contributed by atoms with Crippen LogP contribution in [0.2, 0.25) is 0 Å². The molecule has 0 unspecified atom stereocenters. The summed E-state index contributed by atoms with van der Waals surface area (Å²) in [7, 11) is 0. The van der Waals surface area contributed by atoms with Gasteiger partial charge in [0.2, 0.25) is 5.88 Å². The molecule has 5 nitrogen and oxygen atoms in total. The molecule has 1 aromatic carbocycles. The highest BCUT2D eigenvalue weighted by Gasteiger charge is 2.04. The molecule has 1 aromatic heterocycles. The molecule has 5 heteroatoms. The van der Waals surface area contributed by atoms with E-state index in [9.17, 15) is 0 Å². The Kier molecular flexibility index (Phi) is 5.36. The zero-order chi connectivity index (χ0) is 15.9. The lowest BCUT2D eigenvalue weighted by Crippen LogP contribution is -2.22. The quantitative estimate of drug-likeness (QED) is 0.657. The second-order valence-corrected chi connectivity index (χ2v) is 5.03. The van der Waals surface area contributed by atoms with Crippen molar-refractivity contribution in [3.63, 3.8) is 0 Å². The number of aliphatic imine (C=N–C) groups is 1. The summed E-state index contributed by atoms with van der Waals surface area (Å²) >= 11 is 0. The van der Waals surface area contributed by atoms with E-state index in [1.54, 1.807) is 6.20 Å². The minimum absolute atomic E-state index is 0.370. The van der Waals surface area contributed by atoms with E-state index in [4.69, 9.17) is 10.5 Å². The second-order valence-electron chi connectivity index (χ2n) is 5.03. The van der Waals surface area contributed by atoms with E-state index < -0.39 is 0 Å². The SMILES string of the molecule is CCOc1ncccc1CN=C(N)Nc1ccc(C)c(C)c1. The third-order valence-corrected chi connectivity index (χ3v) is 3.33. The van der Waals surface area contributed by atoms with Gasteiger partial charge in [-0.15, -0.1) is 0 Å². The van der Waals surface area contributed by atoms with Crippen molar-refractivity contribution in [3.05, 3.63) is 53.2 Å². The summed E-state index contributed by atoms with van der Waals surface area (Å²) in [6.45, 7) is 7.07. The van der Waals surface area contributed by atoms with Crippen LogP contribution in [-0.4, -0.2) is 17.6 Å². The van der Waals surface area contributed by atoms with E-state index in [-0.39, 0.29) is 0 Å². The lowest BCUT2D eigenvalue weighted by Gasteiger charge is -2.09. The first-order valence-corrected chi connectivity index (χ1v) is 7.31. The normalized spacial score (nSPS) is 11.3. The number of nitrogens with one attached hydrogen (secondary N) is 1. The third kappa shape index (κ3) is 4.22. The largest absolute Gasteiger partial charge is 0.478 e. The van der Waals surface area contributed by atoms with Crippen molar-refractivity contribution in [2.24, 2.45) is 10.7 Å². The Hall–Kier alpha value is -2.56. The van der Waals surface area contributed by atoms with Crippen LogP contribution in [0.15, 0.2) is 41.5 Å². The predicted molar refractivity (Wildman–Crippen MR) is 90.3 cm³/mol. The Morgan fingerprint density at radius 1 is 1.27 bits per heavy atom. The zero-order valence-corrected chi connectivity index (χ0v) is 13.3. The molecule has 0 atom stereocenters. The van der Waals surface area contributed by atoms with Gasteiger partial charge in [0.05, 0.1) is 13.2 Å². The smallest absolute Gasteiger partial charge is 0.218 e. The monoisotopic (exact) mass is 298 g/mol. The number of nitrogens with two attached hydrogens (primary N) is 1. The van der Waals surface area contributed by atoms with Crippen LogP contribution in [0.25, 0.3) is 0 Å². The Labute approximate surface area is 131 Å². The third-order valence-electron chi connectivity index (χ3n) is 3.33. The maximum Gasteiger partial charge on any atom is 0.218 e. The standard InChI is InChI=1S/C17H22N4O/c1-4-22-16-14(6-5-9-19-16)11-20-17(18)21-15-8-7-12(2)13(3)10-15/h5-10H,4,11H2,1-3H3,(H3,18,20,21). The molecule has 0 aliphatic carbocycles. The number of anilines is 1. The molecular weight excluding hydrogens is 276 g/mol. The van der Waals surface area contributed by atoms with Gasteiger partial charge in [-0.3, -0.25) is 0 Å². The number of aromatic nitrogens is 1. The van der Waals surface area contributed by atoms with E-state index >= 15 is 0 Å². The molecule has 0 bridgehead atoms. The van der Waals surface area contributed by atoms with E-state index in [1.807, 2.05) is 31.2 Å². The van der Waals surface area contributed by atoms with E-state index in [2.05, 4.69) is 35.2 Å². The fraction of sp³-hybridized carbons (Fsp3) is 0.294. The van der Waals surface area contributed by atoms with E-state index in [0.29, 0.717) is 25.0 Å². The molecule has 116 valence electrons. The van der Waals surface area contributed by atoms with Crippen molar-refractivity contribution < 1.29 is 4.74 Å². The van der Waals surface area contributed by atoms with Crippen molar-refractivity contribution in [2.45, 2.75) is 27.3 Å². The molecule has 22 heavy (non-hydrogen) atoms. The van der Waals surface area contributed by atoms with Crippen LogP contribution in [0, 0.1) is 13.8 Å². The molecule has 0 saturated carbocycles. The summed E-state index contributed by atoms with van der Waals surface area (Å²) in [5.41, 5.74) is 10.2. The Morgan fingerprint density at radius 2 is 2.09 bits per heavy atom. The minimum Gasteiger partial charge on any atom is -0.478 e. The van der Waals surface area contributed by atoms with Crippen molar-refractivity contribution in [1.82, 2.24) is 4.98 Å². The van der Waals surface area contributed by atoms with Gasteiger partial charge in [0.1, 0.15) is 0 Å². The number of guanidine groups is 1. The highest BCUT2D eigenvalue weighted by Crippen LogP contribution is 2.16. The van der Waals surface area contributed by atoms with Crippen LogP contribution in [0.4, 0.5) is 5.69 Å². The number of aryl methyl sites for hydroxylation is 2. The summed E-state index contributed by atoms with van der Waals surface area (Å²) in [5.74, 6) is 0.974. The van der Waals surface area contributed by atoms with Crippen molar-refractivity contribution in [3.8, 4) is 5.88 Å². The summed E-state index contributed by atoms with van der Waals surface area (Å²) < 4.78 is 5.47. The Balaban J connectivity index is 2.05. The van der Waals surface area contributed by atoms with Gasteiger partial charge in [-0.1, -0.05) is 12.1 Å². The molecular formula is C17H22N4O. The first-order chi connectivity index (χ1) is 10.6. The van der Waals surface area contributed by atoms with Crippen LogP contribution >= 0.6 is 0 Å². The maximum atomic E-state index is 5.94. The number of rotatable bonds is 5. The number of nitrogens with zero attached hydrogens (tertiary/aromatic N) is 2. The van der Waals surface area contributed by atoms with Gasteiger partial charge in [-0.05, 0) is 50.1 Å². The zero-order valence-electron chi connectivity index (χ0n) is 13.3. The van der Waals surface area contributed by atoms with Crippen LogP contribution in [-0.2, 0) is 6.54 Å². The molecule has 0 amide bonds. The van der Waals surface area contributed by atoms with Crippen LogP contribution in [0.1, 0.15) is 23.6 Å². The van der Waals surface area contributed by atoms with Crippen molar-refractivity contribution >= 4 is 11.6 Å². The van der Waals surface area contributed by atoms with Crippen molar-refractivity contribution in [1.29, 1.82) is 0 Å². The second kappa shape index (κ2) is 7.45. The topological polar surface area (TPSA) is 72.5 Å². The highest BCUT2D eigenvalue weighted by atomic mass is 16.5. The average Bonchev–Trinajstić information content (AvgIpc) is 2.50. The Bertz CT molecular complexity index is 667. The van der Waals surface area contributed by atoms with Gasteiger partial charge in [0.25, 0.3) is 0 Å². The number of ether oxygens (including phenoxy) is 1. The molecule has 0 saturated heterocycles. The maximum absolute atomic E-state index is 5.94. The predicted octanol–water partition coefficient (Wildman–Crippen LogP) is 3.02. The van der Waals surface area contributed by atoms with Crippen LogP contribution in [0.3, 0.4) is 0 Å². The van der Waals surface area contributed by atoms with Crippen LogP contribution < -0.4 is 15.8 Å². The van der Waals surface area contributed by atoms with Crippen LogP contribution in [0.5, 0.6) is 5.88 Å². The number of hydrogen-bond donors (Lipinski definition) is 2. The van der Waals surface area contributed by atoms with Gasteiger partial charge >= 0.3 is 0 Å². The summed E-state index contributed by atoms with van der Waals surface area (Å²) in [5, 5.41) is 3.10. The van der Waals surface area contributed by atoms with E-state index in [1.165, 1.54) is 11.1 Å². The molecule has 0 fully saturated rings. The number of pyridine rings is 1. The number of benzene rings is 1. The van der Waals surface area contributed by atoms with Gasteiger partial charge in [-0.25, -0.2) is 9.98 Å². The van der Waals surface area contributed by atoms with Gasteiger partial charge in [0, 0.05) is 17.4 Å². The lowest BCUT2D eigenvalue weighted by molar-refractivity contribution is 0.323. The fourth-order valence-corrected chi connectivity index (χ4v) is 1.99. The molecule has 1 heterocycles. The first kappa shape index (κ1) is 15.8. The molecule has 3 N–H and O–H groups in total. The number of hydrogen-bond acceptors (Lipinski definition) is 3. The molecule has 0 radical (unpaired) electrons. The summed E-state index contributed by atoms with van der Waals surface area (Å²) in [6, 6.07) is 9.89. The minimum atomic E-state index is 0.370. The molecule has 0 spiro atoms. The fourth-order valence-electron chi connectivity index (χ4n) is 1.99.